The average Bonchev–Trinajstić information content (AvgIpc) is 2.89. The minimum atomic E-state index is -0.774. The fraction of sp³-hybridized carbons (Fsp3) is 0.222. The second kappa shape index (κ2) is 5.26. The molecular weight excluding hydrogens is 264 g/mol. The summed E-state index contributed by atoms with van der Waals surface area (Å²) in [6, 6.07) is 11.7. The lowest BCUT2D eigenvalue weighted by Gasteiger charge is -2.17. The van der Waals surface area contributed by atoms with E-state index in [-0.39, 0.29) is 0 Å². The Labute approximate surface area is 123 Å². The Bertz CT molecular complexity index is 786. The summed E-state index contributed by atoms with van der Waals surface area (Å²) in [7, 11) is 1.62. The van der Waals surface area contributed by atoms with Crippen LogP contribution in [0.25, 0.3) is 11.0 Å². The Kier molecular flexibility index (Phi) is 3.43. The van der Waals surface area contributed by atoms with Gasteiger partial charge in [0.1, 0.15) is 17.4 Å². The molecule has 1 atom stereocenters. The van der Waals surface area contributed by atoms with E-state index in [1.54, 1.807) is 13.4 Å². The van der Waals surface area contributed by atoms with Crippen LogP contribution >= 0.6 is 0 Å². The number of aryl methyl sites for hydroxylation is 2. The van der Waals surface area contributed by atoms with Crippen LogP contribution in [0.15, 0.2) is 47.1 Å². The Morgan fingerprint density at radius 1 is 1.14 bits per heavy atom. The zero-order valence-electron chi connectivity index (χ0n) is 12.4. The zero-order chi connectivity index (χ0) is 15.0. The van der Waals surface area contributed by atoms with Crippen molar-refractivity contribution < 1.29 is 14.3 Å². The summed E-state index contributed by atoms with van der Waals surface area (Å²) in [6.45, 7) is 4.00. The van der Waals surface area contributed by atoms with Crippen LogP contribution in [0.4, 0.5) is 0 Å². The molecule has 0 saturated carbocycles. The van der Waals surface area contributed by atoms with Gasteiger partial charge in [-0.1, -0.05) is 24.3 Å². The summed E-state index contributed by atoms with van der Waals surface area (Å²) < 4.78 is 11.0. The molecule has 0 spiro atoms. The second-order valence-electron chi connectivity index (χ2n) is 5.29. The maximum atomic E-state index is 10.8. The molecule has 1 unspecified atom stereocenters. The van der Waals surface area contributed by atoms with E-state index in [4.69, 9.17) is 9.15 Å². The normalized spacial score (nSPS) is 12.6. The van der Waals surface area contributed by atoms with Crippen LogP contribution in [0, 0.1) is 13.8 Å². The van der Waals surface area contributed by atoms with Crippen LogP contribution in [-0.4, -0.2) is 12.2 Å². The van der Waals surface area contributed by atoms with E-state index >= 15 is 0 Å². The zero-order valence-corrected chi connectivity index (χ0v) is 12.4. The van der Waals surface area contributed by atoms with Gasteiger partial charge in [-0.25, -0.2) is 0 Å². The number of aliphatic hydroxyl groups is 1. The van der Waals surface area contributed by atoms with Crippen LogP contribution in [0.5, 0.6) is 5.75 Å². The standard InChI is InChI=1S/C18H18O3/c1-11-8-12(2)17(16(9-11)20-3)18(19)14-10-21-15-7-5-4-6-13(14)15/h4-10,18-19H,1-3H3. The highest BCUT2D eigenvalue weighted by Gasteiger charge is 2.22. The molecule has 3 rings (SSSR count). The SMILES string of the molecule is COc1cc(C)cc(C)c1C(O)c1coc2ccccc12. The van der Waals surface area contributed by atoms with Gasteiger partial charge in [0.2, 0.25) is 0 Å². The number of hydrogen-bond donors (Lipinski definition) is 1. The quantitative estimate of drug-likeness (QED) is 0.785. The van der Waals surface area contributed by atoms with E-state index in [2.05, 4.69) is 0 Å². The minimum absolute atomic E-state index is 0.699. The molecule has 21 heavy (non-hydrogen) atoms. The van der Waals surface area contributed by atoms with Gasteiger partial charge in [-0.05, 0) is 37.1 Å². The van der Waals surface area contributed by atoms with E-state index in [0.29, 0.717) is 5.75 Å². The topological polar surface area (TPSA) is 42.6 Å². The highest BCUT2D eigenvalue weighted by Crippen LogP contribution is 2.37. The van der Waals surface area contributed by atoms with Crippen molar-refractivity contribution in [3.8, 4) is 5.75 Å². The number of benzene rings is 2. The van der Waals surface area contributed by atoms with Crippen LogP contribution in [0.3, 0.4) is 0 Å². The van der Waals surface area contributed by atoms with Crippen molar-refractivity contribution in [1.29, 1.82) is 0 Å². The summed E-state index contributed by atoms with van der Waals surface area (Å²) in [5.74, 6) is 0.699. The summed E-state index contributed by atoms with van der Waals surface area (Å²) in [6.07, 6.45) is 0.845. The van der Waals surface area contributed by atoms with Crippen molar-refractivity contribution in [3.63, 3.8) is 0 Å². The van der Waals surface area contributed by atoms with Gasteiger partial charge in [0.05, 0.1) is 13.4 Å². The molecule has 0 fully saturated rings. The lowest BCUT2D eigenvalue weighted by Crippen LogP contribution is -2.05. The molecule has 1 heterocycles. The molecule has 0 amide bonds. The molecule has 3 heteroatoms. The second-order valence-corrected chi connectivity index (χ2v) is 5.29. The molecule has 3 nitrogen and oxygen atoms in total. The summed E-state index contributed by atoms with van der Waals surface area (Å²) in [4.78, 5) is 0. The molecule has 3 aromatic rings. The van der Waals surface area contributed by atoms with Crippen LogP contribution < -0.4 is 4.74 Å². The first-order valence-corrected chi connectivity index (χ1v) is 6.91. The molecule has 0 saturated heterocycles. The average molecular weight is 282 g/mol. The third kappa shape index (κ3) is 2.30. The van der Waals surface area contributed by atoms with E-state index in [1.165, 1.54) is 0 Å². The molecule has 0 bridgehead atoms. The van der Waals surface area contributed by atoms with Crippen LogP contribution in [0.2, 0.25) is 0 Å². The lowest BCUT2D eigenvalue weighted by molar-refractivity contribution is 0.214. The first-order valence-electron chi connectivity index (χ1n) is 6.91. The number of fused-ring (bicyclic) bond motifs is 1. The van der Waals surface area contributed by atoms with E-state index in [1.807, 2.05) is 50.2 Å². The molecule has 2 aromatic carbocycles. The number of rotatable bonds is 3. The largest absolute Gasteiger partial charge is 0.496 e. The summed E-state index contributed by atoms with van der Waals surface area (Å²) >= 11 is 0. The maximum Gasteiger partial charge on any atom is 0.134 e. The van der Waals surface area contributed by atoms with Gasteiger partial charge in [-0.2, -0.15) is 0 Å². The predicted molar refractivity (Wildman–Crippen MR) is 82.7 cm³/mol. The van der Waals surface area contributed by atoms with Crippen molar-refractivity contribution >= 4 is 11.0 Å². The van der Waals surface area contributed by atoms with Crippen LogP contribution in [-0.2, 0) is 0 Å². The van der Waals surface area contributed by atoms with Crippen molar-refractivity contribution in [2.75, 3.05) is 7.11 Å². The fourth-order valence-corrected chi connectivity index (χ4v) is 2.82. The molecule has 1 aromatic heterocycles. The van der Waals surface area contributed by atoms with Crippen molar-refractivity contribution in [1.82, 2.24) is 0 Å². The first kappa shape index (κ1) is 13.7. The molecule has 0 radical (unpaired) electrons. The fourth-order valence-electron chi connectivity index (χ4n) is 2.82. The Morgan fingerprint density at radius 3 is 2.67 bits per heavy atom. The van der Waals surface area contributed by atoms with Gasteiger partial charge in [0.25, 0.3) is 0 Å². The Hall–Kier alpha value is -2.26. The van der Waals surface area contributed by atoms with Crippen molar-refractivity contribution in [2.45, 2.75) is 20.0 Å². The van der Waals surface area contributed by atoms with Gasteiger partial charge in [-0.15, -0.1) is 0 Å². The summed E-state index contributed by atoms with van der Waals surface area (Å²) in [5, 5.41) is 11.7. The van der Waals surface area contributed by atoms with Gasteiger partial charge in [-0.3, -0.25) is 0 Å². The van der Waals surface area contributed by atoms with Gasteiger partial charge in [0, 0.05) is 16.5 Å². The first-order chi connectivity index (χ1) is 10.1. The molecule has 1 N–H and O–H groups in total. The highest BCUT2D eigenvalue weighted by atomic mass is 16.5. The van der Waals surface area contributed by atoms with Crippen molar-refractivity contribution in [2.24, 2.45) is 0 Å². The van der Waals surface area contributed by atoms with Gasteiger partial charge in [0.15, 0.2) is 0 Å². The monoisotopic (exact) mass is 282 g/mol. The minimum Gasteiger partial charge on any atom is -0.496 e. The third-order valence-electron chi connectivity index (χ3n) is 3.79. The number of methoxy groups -OCH3 is 1. The lowest BCUT2D eigenvalue weighted by atomic mass is 9.94. The van der Waals surface area contributed by atoms with E-state index < -0.39 is 6.10 Å². The Balaban J connectivity index is 2.16. The number of ether oxygens (including phenoxy) is 1. The van der Waals surface area contributed by atoms with Crippen molar-refractivity contribution in [3.05, 3.63) is 64.9 Å². The predicted octanol–water partition coefficient (Wildman–Crippen LogP) is 4.14. The molecule has 0 aliphatic heterocycles. The van der Waals surface area contributed by atoms with Crippen LogP contribution in [0.1, 0.15) is 28.4 Å². The van der Waals surface area contributed by atoms with E-state index in [0.717, 1.165) is 33.2 Å². The number of furan rings is 1. The smallest absolute Gasteiger partial charge is 0.134 e. The molecule has 0 aliphatic rings. The molecular formula is C18H18O3. The van der Waals surface area contributed by atoms with E-state index in [9.17, 15) is 5.11 Å². The van der Waals surface area contributed by atoms with Gasteiger partial charge >= 0.3 is 0 Å². The maximum absolute atomic E-state index is 10.8. The third-order valence-corrected chi connectivity index (χ3v) is 3.79. The Morgan fingerprint density at radius 2 is 1.90 bits per heavy atom. The number of aliphatic hydroxyl groups excluding tert-OH is 1. The van der Waals surface area contributed by atoms with Gasteiger partial charge < -0.3 is 14.3 Å². The highest BCUT2D eigenvalue weighted by molar-refractivity contribution is 5.82. The number of hydrogen-bond acceptors (Lipinski definition) is 3. The number of para-hydroxylation sites is 1. The molecule has 108 valence electrons. The summed E-state index contributed by atoms with van der Waals surface area (Å²) in [5.41, 5.74) is 4.43. The molecule has 0 aliphatic carbocycles.